The van der Waals surface area contributed by atoms with Crippen LogP contribution in [0.1, 0.15) is 0 Å². The maximum absolute atomic E-state index is 10.6. The molecule has 1 N–H and O–H groups in total. The van der Waals surface area contributed by atoms with Crippen molar-refractivity contribution >= 4 is 0 Å². The van der Waals surface area contributed by atoms with Crippen molar-refractivity contribution in [2.75, 3.05) is 0 Å². The van der Waals surface area contributed by atoms with E-state index >= 15 is 0 Å². The molecule has 0 saturated carbocycles. The van der Waals surface area contributed by atoms with Crippen LogP contribution >= 0.6 is 0 Å². The molecule has 0 saturated heterocycles. The van der Waals surface area contributed by atoms with Gasteiger partial charge in [-0.15, -0.1) is 5.10 Å². The SMILES string of the molecule is O=c1[nH]nc(-c2cccnc2)o1. The van der Waals surface area contributed by atoms with Crippen molar-refractivity contribution in [1.29, 1.82) is 0 Å². The summed E-state index contributed by atoms with van der Waals surface area (Å²) in [6, 6.07) is 3.50. The van der Waals surface area contributed by atoms with Crippen molar-refractivity contribution in [1.82, 2.24) is 15.2 Å². The normalized spacial score (nSPS) is 10.0. The Labute approximate surface area is 67.1 Å². The van der Waals surface area contributed by atoms with Crippen LogP contribution in [0.3, 0.4) is 0 Å². The first-order valence-electron chi connectivity index (χ1n) is 3.32. The summed E-state index contributed by atoms with van der Waals surface area (Å²) in [7, 11) is 0. The molecule has 0 fully saturated rings. The summed E-state index contributed by atoms with van der Waals surface area (Å²) in [6.07, 6.45) is 3.20. The van der Waals surface area contributed by atoms with Crippen molar-refractivity contribution in [2.24, 2.45) is 0 Å². The number of H-pyrrole nitrogens is 1. The van der Waals surface area contributed by atoms with E-state index in [4.69, 9.17) is 4.42 Å². The number of hydrogen-bond acceptors (Lipinski definition) is 4. The van der Waals surface area contributed by atoms with E-state index in [1.807, 2.05) is 0 Å². The fourth-order valence-electron chi connectivity index (χ4n) is 0.843. The Morgan fingerprint density at radius 3 is 3.00 bits per heavy atom. The summed E-state index contributed by atoms with van der Waals surface area (Å²) in [4.78, 5) is 14.4. The van der Waals surface area contributed by atoms with Crippen LogP contribution in [-0.2, 0) is 0 Å². The molecule has 0 aliphatic heterocycles. The smallest absolute Gasteiger partial charge is 0.388 e. The number of hydrogen-bond donors (Lipinski definition) is 1. The van der Waals surface area contributed by atoms with Gasteiger partial charge in [-0.05, 0) is 12.1 Å². The third-order valence-corrected chi connectivity index (χ3v) is 1.35. The van der Waals surface area contributed by atoms with E-state index in [0.29, 0.717) is 5.56 Å². The average molecular weight is 163 g/mol. The molecule has 0 spiro atoms. The Morgan fingerprint density at radius 1 is 1.50 bits per heavy atom. The topological polar surface area (TPSA) is 71.8 Å². The molecule has 0 atom stereocenters. The molecular formula is C7H5N3O2. The molecule has 5 nitrogen and oxygen atoms in total. The minimum Gasteiger partial charge on any atom is -0.388 e. The van der Waals surface area contributed by atoms with Crippen molar-refractivity contribution < 1.29 is 4.42 Å². The van der Waals surface area contributed by atoms with E-state index in [0.717, 1.165) is 0 Å². The fourth-order valence-corrected chi connectivity index (χ4v) is 0.843. The summed E-state index contributed by atoms with van der Waals surface area (Å²) in [5.41, 5.74) is 0.677. The molecule has 2 rings (SSSR count). The van der Waals surface area contributed by atoms with E-state index in [2.05, 4.69) is 15.2 Å². The van der Waals surface area contributed by atoms with Crippen LogP contribution in [0.15, 0.2) is 33.7 Å². The van der Waals surface area contributed by atoms with Gasteiger partial charge in [0.2, 0.25) is 0 Å². The van der Waals surface area contributed by atoms with Gasteiger partial charge < -0.3 is 4.42 Å². The minimum atomic E-state index is -0.561. The summed E-state index contributed by atoms with van der Waals surface area (Å²) in [5.74, 6) is -0.304. The van der Waals surface area contributed by atoms with E-state index in [-0.39, 0.29) is 5.89 Å². The molecule has 2 heterocycles. The molecule has 0 aliphatic rings. The van der Waals surface area contributed by atoms with Gasteiger partial charge in [-0.1, -0.05) is 0 Å². The number of rotatable bonds is 1. The molecule has 2 aromatic heterocycles. The molecule has 0 amide bonds. The number of pyridine rings is 1. The Balaban J connectivity index is 2.51. The predicted octanol–water partition coefficient (Wildman–Crippen LogP) is 0.425. The maximum atomic E-state index is 10.6. The van der Waals surface area contributed by atoms with Gasteiger partial charge in [-0.2, -0.15) is 0 Å². The lowest BCUT2D eigenvalue weighted by atomic mass is 10.3. The van der Waals surface area contributed by atoms with Gasteiger partial charge in [0.15, 0.2) is 0 Å². The number of nitrogens with zero attached hydrogens (tertiary/aromatic N) is 2. The third-order valence-electron chi connectivity index (χ3n) is 1.35. The van der Waals surface area contributed by atoms with Crippen LogP contribution in [0, 0.1) is 0 Å². The summed E-state index contributed by atoms with van der Waals surface area (Å²) in [5, 5.41) is 5.81. The second kappa shape index (κ2) is 2.61. The molecule has 2 aromatic rings. The van der Waals surface area contributed by atoms with Crippen LogP contribution < -0.4 is 5.76 Å². The summed E-state index contributed by atoms with van der Waals surface area (Å²) < 4.78 is 4.71. The average Bonchev–Trinajstić information content (AvgIpc) is 2.54. The summed E-state index contributed by atoms with van der Waals surface area (Å²) in [6.45, 7) is 0. The molecule has 0 bridgehead atoms. The molecule has 60 valence electrons. The molecule has 5 heteroatoms. The lowest BCUT2D eigenvalue weighted by molar-refractivity contribution is 0.527. The second-order valence-electron chi connectivity index (χ2n) is 2.16. The maximum Gasteiger partial charge on any atom is 0.434 e. The largest absolute Gasteiger partial charge is 0.434 e. The second-order valence-corrected chi connectivity index (χ2v) is 2.16. The zero-order chi connectivity index (χ0) is 8.39. The quantitative estimate of drug-likeness (QED) is 0.661. The van der Waals surface area contributed by atoms with Gasteiger partial charge in [0.05, 0.1) is 5.56 Å². The number of aromatic nitrogens is 3. The Bertz CT molecular complexity index is 417. The zero-order valence-corrected chi connectivity index (χ0v) is 6.02. The highest BCUT2D eigenvalue weighted by atomic mass is 16.4. The van der Waals surface area contributed by atoms with Gasteiger partial charge in [0.25, 0.3) is 5.89 Å². The molecule has 0 aliphatic carbocycles. The first-order chi connectivity index (χ1) is 5.86. The third kappa shape index (κ3) is 1.12. The van der Waals surface area contributed by atoms with Gasteiger partial charge in [-0.3, -0.25) is 4.98 Å². The van der Waals surface area contributed by atoms with Crippen LogP contribution in [-0.4, -0.2) is 15.2 Å². The Kier molecular flexibility index (Phi) is 1.48. The van der Waals surface area contributed by atoms with E-state index < -0.39 is 5.76 Å². The number of nitrogens with one attached hydrogen (secondary N) is 1. The Hall–Kier alpha value is -1.91. The predicted molar refractivity (Wildman–Crippen MR) is 40.4 cm³/mol. The van der Waals surface area contributed by atoms with Crippen LogP contribution in [0.25, 0.3) is 11.5 Å². The van der Waals surface area contributed by atoms with Gasteiger partial charge in [0.1, 0.15) is 0 Å². The van der Waals surface area contributed by atoms with Gasteiger partial charge in [0, 0.05) is 12.4 Å². The van der Waals surface area contributed by atoms with E-state index in [1.54, 1.807) is 24.5 Å². The Morgan fingerprint density at radius 2 is 2.42 bits per heavy atom. The molecule has 0 radical (unpaired) electrons. The first kappa shape index (κ1) is 6.78. The van der Waals surface area contributed by atoms with E-state index in [1.165, 1.54) is 0 Å². The monoisotopic (exact) mass is 163 g/mol. The highest BCUT2D eigenvalue weighted by molar-refractivity contribution is 5.49. The highest BCUT2D eigenvalue weighted by Crippen LogP contribution is 2.10. The van der Waals surface area contributed by atoms with E-state index in [9.17, 15) is 4.79 Å². The van der Waals surface area contributed by atoms with Gasteiger partial charge in [-0.25, -0.2) is 9.89 Å². The molecule has 12 heavy (non-hydrogen) atoms. The molecular weight excluding hydrogens is 158 g/mol. The minimum absolute atomic E-state index is 0.258. The highest BCUT2D eigenvalue weighted by Gasteiger charge is 2.02. The van der Waals surface area contributed by atoms with Crippen molar-refractivity contribution in [3.8, 4) is 11.5 Å². The van der Waals surface area contributed by atoms with Crippen LogP contribution in [0.4, 0.5) is 0 Å². The lowest BCUT2D eigenvalue weighted by Gasteiger charge is -1.88. The molecule has 0 unspecified atom stereocenters. The lowest BCUT2D eigenvalue weighted by Crippen LogP contribution is -1.93. The standard InChI is InChI=1S/C7H5N3O2/c11-7-10-9-6(12-7)5-2-1-3-8-4-5/h1-4H,(H,10,11). The van der Waals surface area contributed by atoms with Gasteiger partial charge >= 0.3 is 5.76 Å². The first-order valence-corrected chi connectivity index (χ1v) is 3.32. The van der Waals surface area contributed by atoms with Crippen LogP contribution in [0.2, 0.25) is 0 Å². The summed E-state index contributed by atoms with van der Waals surface area (Å²) >= 11 is 0. The zero-order valence-electron chi connectivity index (χ0n) is 6.02. The van der Waals surface area contributed by atoms with Crippen molar-refractivity contribution in [2.45, 2.75) is 0 Å². The number of aromatic amines is 1. The molecule has 0 aromatic carbocycles. The van der Waals surface area contributed by atoms with Crippen LogP contribution in [0.5, 0.6) is 0 Å². The fraction of sp³-hybridized carbons (Fsp3) is 0. The van der Waals surface area contributed by atoms with Crippen molar-refractivity contribution in [3.05, 3.63) is 35.1 Å². The van der Waals surface area contributed by atoms with Crippen molar-refractivity contribution in [3.63, 3.8) is 0 Å².